The van der Waals surface area contributed by atoms with Crippen LogP contribution in [0.25, 0.3) is 16.7 Å². The lowest BCUT2D eigenvalue weighted by atomic mass is 10.1. The van der Waals surface area contributed by atoms with Gasteiger partial charge in [-0.15, -0.1) is 0 Å². The lowest BCUT2D eigenvalue weighted by Gasteiger charge is -2.12. The highest BCUT2D eigenvalue weighted by Gasteiger charge is 2.22. The van der Waals surface area contributed by atoms with Gasteiger partial charge in [0.05, 0.1) is 11.4 Å². The molecule has 3 aromatic carbocycles. The molecule has 0 bridgehead atoms. The second-order valence-electron chi connectivity index (χ2n) is 7.35. The Labute approximate surface area is 190 Å². The fourth-order valence-corrected chi connectivity index (χ4v) is 3.57. The molecule has 0 radical (unpaired) electrons. The summed E-state index contributed by atoms with van der Waals surface area (Å²) in [5.74, 6) is -3.49. The molecule has 0 aliphatic rings. The molecule has 168 valence electrons. The lowest BCUT2D eigenvalue weighted by Crippen LogP contribution is -2.11. The number of benzene rings is 3. The van der Waals surface area contributed by atoms with Crippen molar-refractivity contribution in [3.63, 3.8) is 0 Å². The maximum Gasteiger partial charge on any atom is 0.229 e. The van der Waals surface area contributed by atoms with Gasteiger partial charge >= 0.3 is 0 Å². The third-order valence-electron chi connectivity index (χ3n) is 5.17. The number of carbonyl (C=O) groups excluding carboxylic acids is 1. The first-order chi connectivity index (χ1) is 16.4. The van der Waals surface area contributed by atoms with Crippen molar-refractivity contribution in [3.05, 3.63) is 114 Å². The first-order valence-corrected chi connectivity index (χ1v) is 10.1. The number of fused-ring (bicyclic) bond motifs is 1. The van der Waals surface area contributed by atoms with Crippen LogP contribution in [0.5, 0.6) is 0 Å². The molecule has 1 N–H and O–H groups in total. The number of anilines is 2. The Hall–Kier alpha value is -4.53. The smallest absolute Gasteiger partial charge is 0.229 e. The summed E-state index contributed by atoms with van der Waals surface area (Å²) in [6.07, 6.45) is 1.35. The molecule has 0 amide bonds. The van der Waals surface area contributed by atoms with E-state index in [2.05, 4.69) is 15.3 Å². The van der Waals surface area contributed by atoms with E-state index in [1.807, 2.05) is 0 Å². The second kappa shape index (κ2) is 8.43. The van der Waals surface area contributed by atoms with Gasteiger partial charge in [-0.25, -0.2) is 22.5 Å². The van der Waals surface area contributed by atoms with Crippen LogP contribution < -0.4 is 5.32 Å². The molecule has 0 saturated carbocycles. The first-order valence-electron chi connectivity index (χ1n) is 10.1. The number of aromatic nitrogens is 3. The highest BCUT2D eigenvalue weighted by molar-refractivity contribution is 6.10. The van der Waals surface area contributed by atoms with Crippen LogP contribution in [0, 0.1) is 23.3 Å². The Kier molecular flexibility index (Phi) is 5.29. The van der Waals surface area contributed by atoms with Gasteiger partial charge in [-0.1, -0.05) is 18.2 Å². The van der Waals surface area contributed by atoms with Crippen molar-refractivity contribution in [1.82, 2.24) is 14.5 Å². The molecule has 5 rings (SSSR count). The number of nitrogens with zero attached hydrogens (tertiary/aromatic N) is 3. The van der Waals surface area contributed by atoms with E-state index in [4.69, 9.17) is 0 Å². The van der Waals surface area contributed by atoms with Crippen molar-refractivity contribution in [3.8, 4) is 5.69 Å². The highest BCUT2D eigenvalue weighted by Crippen LogP contribution is 2.28. The van der Waals surface area contributed by atoms with Crippen molar-refractivity contribution in [2.75, 3.05) is 5.32 Å². The van der Waals surface area contributed by atoms with Crippen LogP contribution in [0.15, 0.2) is 79.0 Å². The maximum atomic E-state index is 14.8. The molecular formula is C25H14F4N4O. The minimum absolute atomic E-state index is 0.0321. The Morgan fingerprint density at radius 1 is 0.824 bits per heavy atom. The molecule has 0 aliphatic heterocycles. The van der Waals surface area contributed by atoms with Crippen LogP contribution in [-0.4, -0.2) is 20.3 Å². The number of halogens is 4. The second-order valence-corrected chi connectivity index (χ2v) is 7.35. The SMILES string of the molecule is O=C(c1ccc(F)cc1)c1cc2cnc(Nc3c(F)cccc3F)nc2n1-c1ccccc1F. The van der Waals surface area contributed by atoms with Crippen molar-refractivity contribution in [2.24, 2.45) is 0 Å². The van der Waals surface area contributed by atoms with E-state index in [0.717, 1.165) is 24.3 Å². The normalized spacial score (nSPS) is 11.1. The van der Waals surface area contributed by atoms with Crippen molar-refractivity contribution in [2.45, 2.75) is 0 Å². The van der Waals surface area contributed by atoms with E-state index in [0.29, 0.717) is 5.39 Å². The van der Waals surface area contributed by atoms with Crippen LogP contribution in [0.3, 0.4) is 0 Å². The van der Waals surface area contributed by atoms with E-state index >= 15 is 0 Å². The van der Waals surface area contributed by atoms with Gasteiger partial charge in [-0.3, -0.25) is 9.36 Å². The molecule has 0 atom stereocenters. The number of carbonyl (C=O) groups is 1. The molecule has 2 aromatic heterocycles. The number of para-hydroxylation sites is 2. The molecule has 9 heteroatoms. The molecule has 0 spiro atoms. The third-order valence-corrected chi connectivity index (χ3v) is 5.17. The van der Waals surface area contributed by atoms with Crippen LogP contribution in [-0.2, 0) is 0 Å². The first kappa shape index (κ1) is 21.3. The lowest BCUT2D eigenvalue weighted by molar-refractivity contribution is 0.103. The van der Waals surface area contributed by atoms with Gasteiger partial charge in [0.1, 0.15) is 29.0 Å². The Morgan fingerprint density at radius 2 is 1.50 bits per heavy atom. The van der Waals surface area contributed by atoms with Gasteiger partial charge < -0.3 is 5.32 Å². The van der Waals surface area contributed by atoms with Crippen LogP contribution in [0.2, 0.25) is 0 Å². The molecule has 0 fully saturated rings. The van der Waals surface area contributed by atoms with Gasteiger partial charge in [0, 0.05) is 17.1 Å². The standard InChI is InChI=1S/C25H14F4N4O/c26-16-10-8-14(9-11-16)23(34)21-12-15-13-30-25(31-22-18(28)5-3-6-19(22)29)32-24(15)33(21)20-7-2-1-4-17(20)27/h1-13H,(H,30,31,32). The molecular weight excluding hydrogens is 448 g/mol. The van der Waals surface area contributed by atoms with E-state index in [1.165, 1.54) is 53.2 Å². The van der Waals surface area contributed by atoms with E-state index in [-0.39, 0.29) is 28.5 Å². The van der Waals surface area contributed by atoms with Crippen LogP contribution in [0.4, 0.5) is 29.2 Å². The number of hydrogen-bond acceptors (Lipinski definition) is 4. The number of ketones is 1. The van der Waals surface area contributed by atoms with Gasteiger partial charge in [0.2, 0.25) is 11.7 Å². The zero-order chi connectivity index (χ0) is 23.8. The molecule has 34 heavy (non-hydrogen) atoms. The largest absolute Gasteiger partial charge is 0.319 e. The summed E-state index contributed by atoms with van der Waals surface area (Å²) in [6.45, 7) is 0. The summed E-state index contributed by atoms with van der Waals surface area (Å²) in [6, 6.07) is 15.5. The summed E-state index contributed by atoms with van der Waals surface area (Å²) in [7, 11) is 0. The van der Waals surface area contributed by atoms with Gasteiger partial charge in [-0.2, -0.15) is 4.98 Å². The summed E-state index contributed by atoms with van der Waals surface area (Å²) in [5.41, 5.74) is -0.0558. The minimum Gasteiger partial charge on any atom is -0.319 e. The molecule has 5 nitrogen and oxygen atoms in total. The Bertz CT molecular complexity index is 1530. The molecule has 0 unspecified atom stereocenters. The predicted molar refractivity (Wildman–Crippen MR) is 118 cm³/mol. The van der Waals surface area contributed by atoms with E-state index in [9.17, 15) is 22.4 Å². The monoisotopic (exact) mass is 462 g/mol. The zero-order valence-electron chi connectivity index (χ0n) is 17.3. The van der Waals surface area contributed by atoms with Gasteiger partial charge in [0.15, 0.2) is 5.65 Å². The van der Waals surface area contributed by atoms with Gasteiger partial charge in [0.25, 0.3) is 0 Å². The van der Waals surface area contributed by atoms with Crippen LogP contribution >= 0.6 is 0 Å². The van der Waals surface area contributed by atoms with Crippen molar-refractivity contribution >= 4 is 28.5 Å². The Balaban J connectivity index is 1.70. The average molecular weight is 462 g/mol. The molecule has 0 saturated heterocycles. The number of nitrogens with one attached hydrogen (secondary N) is 1. The fourth-order valence-electron chi connectivity index (χ4n) is 3.57. The summed E-state index contributed by atoms with van der Waals surface area (Å²) < 4.78 is 57.6. The fraction of sp³-hybridized carbons (Fsp3) is 0. The van der Waals surface area contributed by atoms with Crippen molar-refractivity contribution in [1.29, 1.82) is 0 Å². The highest BCUT2D eigenvalue weighted by atomic mass is 19.1. The minimum atomic E-state index is -0.847. The maximum absolute atomic E-state index is 14.8. The predicted octanol–water partition coefficient (Wildman–Crippen LogP) is 5.95. The quantitative estimate of drug-likeness (QED) is 0.259. The molecule has 2 heterocycles. The van der Waals surface area contributed by atoms with E-state index in [1.54, 1.807) is 6.07 Å². The zero-order valence-corrected chi connectivity index (χ0v) is 17.3. The number of rotatable bonds is 5. The molecule has 5 aromatic rings. The summed E-state index contributed by atoms with van der Waals surface area (Å²) in [4.78, 5) is 21.7. The number of hydrogen-bond donors (Lipinski definition) is 1. The summed E-state index contributed by atoms with van der Waals surface area (Å²) >= 11 is 0. The van der Waals surface area contributed by atoms with Crippen molar-refractivity contribution < 1.29 is 22.4 Å². The third kappa shape index (κ3) is 3.77. The average Bonchev–Trinajstić information content (AvgIpc) is 3.20. The summed E-state index contributed by atoms with van der Waals surface area (Å²) in [5, 5.41) is 2.88. The van der Waals surface area contributed by atoms with Crippen LogP contribution in [0.1, 0.15) is 16.1 Å². The van der Waals surface area contributed by atoms with E-state index < -0.39 is 34.7 Å². The Morgan fingerprint density at radius 3 is 2.21 bits per heavy atom. The molecule has 0 aliphatic carbocycles. The topological polar surface area (TPSA) is 59.8 Å². The van der Waals surface area contributed by atoms with Gasteiger partial charge in [-0.05, 0) is 54.6 Å².